The number of rotatable bonds is 6. The Hall–Kier alpha value is -5.36. The predicted octanol–water partition coefficient (Wildman–Crippen LogP) is 5.84. The highest BCUT2D eigenvalue weighted by Crippen LogP contribution is 2.31. The Morgan fingerprint density at radius 1 is 0.884 bits per heavy atom. The number of furan rings is 1. The average Bonchev–Trinajstić information content (AvgIpc) is 3.44. The minimum Gasteiger partial charge on any atom is -0.461 e. The second-order valence-electron chi connectivity index (χ2n) is 10.0. The van der Waals surface area contributed by atoms with Crippen LogP contribution in [0.15, 0.2) is 71.3 Å². The van der Waals surface area contributed by atoms with E-state index in [2.05, 4.69) is 25.8 Å². The lowest BCUT2D eigenvalue weighted by atomic mass is 10.1. The van der Waals surface area contributed by atoms with E-state index < -0.39 is 11.8 Å². The number of hydrogen-bond acceptors (Lipinski definition) is 8. The number of nitrogens with one attached hydrogen (secondary N) is 3. The zero-order chi connectivity index (χ0) is 29.9. The number of pyridine rings is 1. The smallest absolute Gasteiger partial charge is 0.323 e. The molecule has 12 heteroatoms. The van der Waals surface area contributed by atoms with Crippen molar-refractivity contribution in [1.29, 1.82) is 0 Å². The number of halogens is 1. The van der Waals surface area contributed by atoms with Gasteiger partial charge in [0.05, 0.1) is 24.4 Å². The predicted molar refractivity (Wildman–Crippen MR) is 162 cm³/mol. The molecule has 0 unspecified atom stereocenters. The van der Waals surface area contributed by atoms with Crippen LogP contribution in [0.1, 0.15) is 12.7 Å². The van der Waals surface area contributed by atoms with E-state index in [9.17, 15) is 9.59 Å². The summed E-state index contributed by atoms with van der Waals surface area (Å²) in [6.07, 6.45) is 1.73. The van der Waals surface area contributed by atoms with Crippen LogP contribution in [-0.4, -0.2) is 53.2 Å². The molecule has 6 rings (SSSR count). The van der Waals surface area contributed by atoms with E-state index in [-0.39, 0.29) is 11.6 Å². The lowest BCUT2D eigenvalue weighted by molar-refractivity contribution is -0.114. The Bertz CT molecular complexity index is 1820. The maximum atomic E-state index is 15.3. The first-order valence-electron chi connectivity index (χ1n) is 13.7. The van der Waals surface area contributed by atoms with E-state index in [1.54, 1.807) is 36.5 Å². The van der Waals surface area contributed by atoms with E-state index in [1.807, 2.05) is 25.1 Å². The van der Waals surface area contributed by atoms with Crippen molar-refractivity contribution in [3.05, 3.63) is 78.4 Å². The maximum Gasteiger partial charge on any atom is 0.323 e. The van der Waals surface area contributed by atoms with Crippen molar-refractivity contribution in [1.82, 2.24) is 15.0 Å². The molecular weight excluding hydrogens is 553 g/mol. The number of carbonyl (C=O) groups is 2. The summed E-state index contributed by atoms with van der Waals surface area (Å²) in [6, 6.07) is 16.0. The summed E-state index contributed by atoms with van der Waals surface area (Å²) in [5.74, 6) is 1.56. The van der Waals surface area contributed by atoms with Crippen LogP contribution < -0.4 is 20.9 Å². The van der Waals surface area contributed by atoms with Gasteiger partial charge in [-0.05, 0) is 67.6 Å². The van der Waals surface area contributed by atoms with E-state index >= 15 is 4.39 Å². The third kappa shape index (κ3) is 6.28. The lowest BCUT2D eigenvalue weighted by Crippen LogP contribution is -2.37. The molecule has 5 aromatic rings. The van der Waals surface area contributed by atoms with Crippen molar-refractivity contribution in [2.24, 2.45) is 0 Å². The molecule has 0 saturated carbocycles. The number of anilines is 4. The zero-order valence-electron chi connectivity index (χ0n) is 23.5. The fourth-order valence-electron chi connectivity index (χ4n) is 4.73. The monoisotopic (exact) mass is 581 g/mol. The van der Waals surface area contributed by atoms with Crippen molar-refractivity contribution >= 4 is 45.9 Å². The Kier molecular flexibility index (Phi) is 7.67. The first-order valence-corrected chi connectivity index (χ1v) is 13.7. The van der Waals surface area contributed by atoms with Gasteiger partial charge in [0.2, 0.25) is 5.91 Å². The Morgan fingerprint density at radius 3 is 2.30 bits per heavy atom. The van der Waals surface area contributed by atoms with Gasteiger partial charge in [-0.2, -0.15) is 0 Å². The molecule has 1 aliphatic rings. The van der Waals surface area contributed by atoms with Gasteiger partial charge in [0.15, 0.2) is 11.6 Å². The third-order valence-corrected chi connectivity index (χ3v) is 6.79. The fourth-order valence-corrected chi connectivity index (χ4v) is 4.73. The Morgan fingerprint density at radius 2 is 1.63 bits per heavy atom. The van der Waals surface area contributed by atoms with E-state index in [4.69, 9.17) is 19.1 Å². The molecule has 1 aliphatic heterocycles. The molecule has 1 fully saturated rings. The summed E-state index contributed by atoms with van der Waals surface area (Å²) in [5, 5.41) is 7.82. The molecule has 0 radical (unpaired) electrons. The molecule has 0 aliphatic carbocycles. The van der Waals surface area contributed by atoms with Crippen LogP contribution in [0.25, 0.3) is 33.7 Å². The Balaban J connectivity index is 1.27. The number of aryl methyl sites for hydroxylation is 1. The summed E-state index contributed by atoms with van der Waals surface area (Å²) in [7, 11) is 0. The maximum absolute atomic E-state index is 15.3. The molecule has 1 saturated heterocycles. The number of benzene rings is 2. The summed E-state index contributed by atoms with van der Waals surface area (Å²) in [4.78, 5) is 40.0. The molecule has 3 aromatic heterocycles. The summed E-state index contributed by atoms with van der Waals surface area (Å²) in [6.45, 7) is 5.66. The molecule has 218 valence electrons. The van der Waals surface area contributed by atoms with Gasteiger partial charge in [0, 0.05) is 48.7 Å². The van der Waals surface area contributed by atoms with Crippen molar-refractivity contribution < 1.29 is 23.1 Å². The highest BCUT2D eigenvalue weighted by molar-refractivity contribution is 6.00. The van der Waals surface area contributed by atoms with Gasteiger partial charge in [-0.3, -0.25) is 4.79 Å². The first-order chi connectivity index (χ1) is 20.8. The third-order valence-electron chi connectivity index (χ3n) is 6.79. The quantitative estimate of drug-likeness (QED) is 0.228. The van der Waals surface area contributed by atoms with Gasteiger partial charge in [-0.25, -0.2) is 24.1 Å². The molecule has 3 amide bonds. The number of hydrogen-bond donors (Lipinski definition) is 3. The number of aromatic nitrogens is 3. The van der Waals surface area contributed by atoms with E-state index in [0.29, 0.717) is 71.7 Å². The van der Waals surface area contributed by atoms with Crippen LogP contribution in [0, 0.1) is 12.7 Å². The number of nitrogens with zero attached hydrogens (tertiary/aromatic N) is 4. The molecule has 2 aromatic carbocycles. The number of morpholine rings is 1. The minimum absolute atomic E-state index is 0.0116. The second-order valence-corrected chi connectivity index (χ2v) is 10.0. The zero-order valence-corrected chi connectivity index (χ0v) is 23.5. The molecule has 0 bridgehead atoms. The van der Waals surface area contributed by atoms with E-state index in [0.717, 1.165) is 11.3 Å². The number of urea groups is 1. The van der Waals surface area contributed by atoms with E-state index in [1.165, 1.54) is 19.1 Å². The average molecular weight is 582 g/mol. The molecule has 43 heavy (non-hydrogen) atoms. The second kappa shape index (κ2) is 11.9. The van der Waals surface area contributed by atoms with Gasteiger partial charge < -0.3 is 30.0 Å². The van der Waals surface area contributed by atoms with Crippen molar-refractivity contribution in [2.45, 2.75) is 13.8 Å². The van der Waals surface area contributed by atoms with Crippen molar-refractivity contribution in [3.8, 4) is 22.7 Å². The molecule has 11 nitrogen and oxygen atoms in total. The highest BCUT2D eigenvalue weighted by Gasteiger charge is 2.21. The molecule has 0 atom stereocenters. The number of carbonyl (C=O) groups excluding carboxylic acids is 2. The number of amides is 3. The lowest BCUT2D eigenvalue weighted by Gasteiger charge is -2.28. The topological polar surface area (TPSA) is 135 Å². The summed E-state index contributed by atoms with van der Waals surface area (Å²) >= 11 is 0. The summed E-state index contributed by atoms with van der Waals surface area (Å²) in [5.41, 5.74) is 3.47. The van der Waals surface area contributed by atoms with Crippen LogP contribution in [0.2, 0.25) is 0 Å². The van der Waals surface area contributed by atoms with Gasteiger partial charge >= 0.3 is 6.03 Å². The van der Waals surface area contributed by atoms with Crippen LogP contribution in [-0.2, 0) is 9.53 Å². The SMILES string of the molecule is CC(=O)Nc1ccc(NC(=O)Nc2ccc(-c3nc(N4CCOCC4)c4ncc(-c5ccc(C)o5)cc4n3)cc2F)cc1. The Labute approximate surface area is 246 Å². The molecule has 4 heterocycles. The molecule has 3 N–H and O–H groups in total. The fraction of sp³-hybridized carbons (Fsp3) is 0.194. The van der Waals surface area contributed by atoms with Crippen LogP contribution in [0.4, 0.5) is 32.1 Å². The molecular formula is C31H28FN7O4. The largest absolute Gasteiger partial charge is 0.461 e. The normalized spacial score (nSPS) is 13.1. The van der Waals surface area contributed by atoms with Crippen molar-refractivity contribution in [2.75, 3.05) is 47.2 Å². The number of ether oxygens (including phenoxy) is 1. The van der Waals surface area contributed by atoms with Gasteiger partial charge in [0.1, 0.15) is 22.9 Å². The number of fused-ring (bicyclic) bond motifs is 1. The van der Waals surface area contributed by atoms with Crippen LogP contribution in [0.3, 0.4) is 0 Å². The standard InChI is InChI=1S/C31H28FN7O4/c1-18-3-10-27(43-18)21-16-26-28(33-17-21)30(39-11-13-42-14-12-39)38-29(36-26)20-4-9-25(24(32)15-20)37-31(41)35-23-7-5-22(6-8-23)34-19(2)40/h3-10,15-17H,11-14H2,1-2H3,(H,34,40)(H2,35,37,41). The van der Waals surface area contributed by atoms with Gasteiger partial charge in [-0.1, -0.05) is 0 Å². The van der Waals surface area contributed by atoms with Crippen LogP contribution >= 0.6 is 0 Å². The molecule has 0 spiro atoms. The van der Waals surface area contributed by atoms with Crippen molar-refractivity contribution in [3.63, 3.8) is 0 Å². The summed E-state index contributed by atoms with van der Waals surface area (Å²) < 4.78 is 26.6. The van der Waals surface area contributed by atoms with Gasteiger partial charge in [-0.15, -0.1) is 0 Å². The highest BCUT2D eigenvalue weighted by atomic mass is 19.1. The van der Waals surface area contributed by atoms with Crippen LogP contribution in [0.5, 0.6) is 0 Å². The van der Waals surface area contributed by atoms with Gasteiger partial charge in [0.25, 0.3) is 0 Å². The first kappa shape index (κ1) is 27.8. The minimum atomic E-state index is -0.650.